The van der Waals surface area contributed by atoms with E-state index < -0.39 is 0 Å². The molecule has 136 valence electrons. The largest absolute Gasteiger partial charge is 0.508 e. The van der Waals surface area contributed by atoms with Crippen LogP contribution in [0.1, 0.15) is 11.4 Å². The number of oxime groups is 1. The normalized spacial score (nSPS) is 12.0. The number of aryl methyl sites for hydroxylation is 2. The molecule has 2 aromatic heterocycles. The van der Waals surface area contributed by atoms with Crippen molar-refractivity contribution in [1.82, 2.24) is 9.13 Å². The molecular weight excluding hydrogens is 340 g/mol. The summed E-state index contributed by atoms with van der Waals surface area (Å²) >= 11 is 0. The van der Waals surface area contributed by atoms with Gasteiger partial charge in [-0.05, 0) is 49.7 Å². The van der Waals surface area contributed by atoms with E-state index in [1.807, 2.05) is 62.4 Å². The highest BCUT2D eigenvalue weighted by Gasteiger charge is 2.23. The van der Waals surface area contributed by atoms with Crippen LogP contribution in [-0.2, 0) is 0 Å². The van der Waals surface area contributed by atoms with Gasteiger partial charge in [0.1, 0.15) is 11.6 Å². The van der Waals surface area contributed by atoms with Crippen molar-refractivity contribution in [2.45, 2.75) is 13.8 Å². The molecule has 2 aromatic carbocycles. The Morgan fingerprint density at radius 1 is 0.926 bits per heavy atom. The van der Waals surface area contributed by atoms with Crippen LogP contribution in [0.15, 0.2) is 65.8 Å². The molecule has 0 aliphatic carbocycles. The zero-order valence-corrected chi connectivity index (χ0v) is 15.1. The average Bonchev–Trinajstić information content (AvgIpc) is 3.18. The topological polar surface area (TPSA) is 88.7 Å². The van der Waals surface area contributed by atoms with Crippen molar-refractivity contribution >= 4 is 16.9 Å². The Kier molecular flexibility index (Phi) is 3.88. The van der Waals surface area contributed by atoms with Crippen LogP contribution in [0.4, 0.5) is 0 Å². The molecule has 0 atom stereocenters. The second kappa shape index (κ2) is 6.25. The highest BCUT2D eigenvalue weighted by atomic mass is 16.4. The smallest absolute Gasteiger partial charge is 0.243 e. The monoisotopic (exact) mass is 360 g/mol. The Morgan fingerprint density at radius 2 is 1.56 bits per heavy atom. The number of aromatic nitrogens is 2. The third-order valence-electron chi connectivity index (χ3n) is 4.82. The van der Waals surface area contributed by atoms with Crippen molar-refractivity contribution in [2.24, 2.45) is 10.9 Å². The zero-order chi connectivity index (χ0) is 19.1. The first kappa shape index (κ1) is 16.8. The molecule has 0 radical (unpaired) electrons. The number of rotatable bonds is 2. The van der Waals surface area contributed by atoms with E-state index in [9.17, 15) is 10.3 Å². The number of fused-ring (bicyclic) bond motifs is 1. The molecule has 0 amide bonds. The third-order valence-corrected chi connectivity index (χ3v) is 4.82. The molecule has 6 nitrogen and oxygen atoms in total. The molecule has 4 rings (SSSR count). The van der Waals surface area contributed by atoms with Gasteiger partial charge in [0.05, 0.1) is 5.52 Å². The summed E-state index contributed by atoms with van der Waals surface area (Å²) in [6.45, 7) is 4.03. The van der Waals surface area contributed by atoms with Crippen LogP contribution in [0.25, 0.3) is 27.8 Å². The van der Waals surface area contributed by atoms with Gasteiger partial charge in [0.25, 0.3) is 0 Å². The second-order valence-electron chi connectivity index (χ2n) is 6.51. The number of nitrogens with two attached hydrogens (primary N) is 1. The van der Waals surface area contributed by atoms with Gasteiger partial charge in [0.15, 0.2) is 0 Å². The predicted octanol–water partition coefficient (Wildman–Crippen LogP) is 3.97. The quantitative estimate of drug-likeness (QED) is 0.219. The van der Waals surface area contributed by atoms with Crippen LogP contribution in [0.2, 0.25) is 0 Å². The fraction of sp³-hybridized carbons (Fsp3) is 0.0952. The van der Waals surface area contributed by atoms with Crippen LogP contribution >= 0.6 is 0 Å². The molecule has 0 saturated carbocycles. The van der Waals surface area contributed by atoms with Gasteiger partial charge in [0, 0.05) is 22.3 Å². The molecule has 0 aliphatic heterocycles. The Morgan fingerprint density at radius 3 is 2.19 bits per heavy atom. The number of phenols is 1. The Hall–Kier alpha value is -3.67. The minimum atomic E-state index is -0.0151. The van der Waals surface area contributed by atoms with Crippen molar-refractivity contribution in [1.29, 1.82) is 0 Å². The number of aromatic hydroxyl groups is 1. The van der Waals surface area contributed by atoms with E-state index in [0.717, 1.165) is 39.2 Å². The summed E-state index contributed by atoms with van der Waals surface area (Å²) in [5.74, 6) is 0.977. The molecular formula is C21H20N4O2. The van der Waals surface area contributed by atoms with Gasteiger partial charge < -0.3 is 20.6 Å². The van der Waals surface area contributed by atoms with Crippen LogP contribution in [0.5, 0.6) is 5.75 Å². The maximum Gasteiger partial charge on any atom is 0.243 e. The fourth-order valence-corrected chi connectivity index (χ4v) is 3.63. The number of nitrogens with zero attached hydrogens (tertiary/aromatic N) is 3. The molecule has 6 heteroatoms. The van der Waals surface area contributed by atoms with E-state index in [1.165, 1.54) is 0 Å². The van der Waals surface area contributed by atoms with E-state index in [0.29, 0.717) is 0 Å². The summed E-state index contributed by atoms with van der Waals surface area (Å²) in [6.07, 6.45) is 0. The first-order valence-electron chi connectivity index (χ1n) is 8.59. The molecule has 0 saturated heterocycles. The van der Waals surface area contributed by atoms with Crippen LogP contribution in [-0.4, -0.2) is 25.4 Å². The van der Waals surface area contributed by atoms with Crippen LogP contribution in [0.3, 0.4) is 0 Å². The first-order valence-corrected chi connectivity index (χ1v) is 8.59. The van der Waals surface area contributed by atoms with Crippen molar-refractivity contribution in [3.05, 3.63) is 72.1 Å². The second-order valence-corrected chi connectivity index (χ2v) is 6.51. The minimum absolute atomic E-state index is 0.0151. The lowest BCUT2D eigenvalue weighted by Gasteiger charge is -2.16. The molecule has 0 bridgehead atoms. The zero-order valence-electron chi connectivity index (χ0n) is 15.1. The fourth-order valence-electron chi connectivity index (χ4n) is 3.63. The van der Waals surface area contributed by atoms with Crippen molar-refractivity contribution < 1.29 is 10.3 Å². The van der Waals surface area contributed by atoms with Gasteiger partial charge >= 0.3 is 0 Å². The average molecular weight is 360 g/mol. The van der Waals surface area contributed by atoms with Crippen LogP contribution in [0, 0.1) is 13.8 Å². The number of phenolic OH excluding ortho intramolecular Hbond substituents is 1. The summed E-state index contributed by atoms with van der Waals surface area (Å²) in [5.41, 5.74) is 10.9. The lowest BCUT2D eigenvalue weighted by molar-refractivity contribution is 0.316. The Balaban J connectivity index is 2.22. The van der Waals surface area contributed by atoms with Gasteiger partial charge in [-0.2, -0.15) is 0 Å². The summed E-state index contributed by atoms with van der Waals surface area (Å²) < 4.78 is 3.83. The van der Waals surface area contributed by atoms with Gasteiger partial charge in [-0.1, -0.05) is 35.5 Å². The SMILES string of the molecule is Cc1ccc(C)n1-c1c(-c2ccc(O)cc2)c2ccccc2n1/C(N)=N/O. The number of para-hydroxylation sites is 1. The number of benzene rings is 2. The standard InChI is InChI=1S/C21H20N4O2/c1-13-7-8-14(2)24(13)20-19(15-9-11-16(26)12-10-15)17-5-3-4-6-18(17)25(20)21(22)23-27/h3-12,26-27H,1-2H3,(H2,22,23). The van der Waals surface area contributed by atoms with Crippen LogP contribution < -0.4 is 5.73 Å². The minimum Gasteiger partial charge on any atom is -0.508 e. The van der Waals surface area contributed by atoms with Crippen molar-refractivity contribution in [2.75, 3.05) is 0 Å². The van der Waals surface area contributed by atoms with Crippen molar-refractivity contribution in [3.63, 3.8) is 0 Å². The molecule has 2 heterocycles. The van der Waals surface area contributed by atoms with Gasteiger partial charge in [0.2, 0.25) is 5.96 Å². The summed E-state index contributed by atoms with van der Waals surface area (Å²) in [5, 5.41) is 23.4. The lowest BCUT2D eigenvalue weighted by atomic mass is 10.0. The molecule has 0 aliphatic rings. The number of hydrogen-bond acceptors (Lipinski definition) is 3. The Bertz CT molecular complexity index is 1150. The van der Waals surface area contributed by atoms with E-state index in [2.05, 4.69) is 9.72 Å². The first-order chi connectivity index (χ1) is 13.0. The maximum atomic E-state index is 9.71. The Labute approximate surface area is 156 Å². The molecule has 27 heavy (non-hydrogen) atoms. The van der Waals surface area contributed by atoms with Gasteiger partial charge in [-0.3, -0.25) is 4.57 Å². The van der Waals surface area contributed by atoms with E-state index in [1.54, 1.807) is 16.7 Å². The van der Waals surface area contributed by atoms with E-state index in [-0.39, 0.29) is 11.7 Å². The molecule has 0 unspecified atom stereocenters. The summed E-state index contributed by atoms with van der Waals surface area (Å²) in [4.78, 5) is 0. The highest BCUT2D eigenvalue weighted by Crippen LogP contribution is 2.38. The molecule has 4 N–H and O–H groups in total. The molecule has 0 fully saturated rings. The van der Waals surface area contributed by atoms with Gasteiger partial charge in [-0.15, -0.1) is 0 Å². The summed E-state index contributed by atoms with van der Waals surface area (Å²) in [7, 11) is 0. The predicted molar refractivity (Wildman–Crippen MR) is 107 cm³/mol. The third kappa shape index (κ3) is 2.54. The molecule has 0 spiro atoms. The van der Waals surface area contributed by atoms with Crippen molar-refractivity contribution in [3.8, 4) is 22.7 Å². The highest BCUT2D eigenvalue weighted by molar-refractivity contribution is 6.07. The van der Waals surface area contributed by atoms with E-state index >= 15 is 0 Å². The maximum absolute atomic E-state index is 9.71. The van der Waals surface area contributed by atoms with E-state index in [4.69, 9.17) is 5.73 Å². The van der Waals surface area contributed by atoms with Gasteiger partial charge in [-0.25, -0.2) is 0 Å². The lowest BCUT2D eigenvalue weighted by Crippen LogP contribution is -2.25. The molecule has 4 aromatic rings. The number of hydrogen-bond donors (Lipinski definition) is 3. The summed E-state index contributed by atoms with van der Waals surface area (Å²) in [6, 6.07) is 18.9.